The Morgan fingerprint density at radius 1 is 1.14 bits per heavy atom. The van der Waals surface area contributed by atoms with E-state index in [2.05, 4.69) is 48.5 Å². The summed E-state index contributed by atoms with van der Waals surface area (Å²) in [4.78, 5) is 0. The largest absolute Gasteiger partial charge is 0.0649 e. The normalized spacial score (nSPS) is 43.5. The molecule has 0 bridgehead atoms. The van der Waals surface area contributed by atoms with E-state index in [1.165, 1.54) is 12.8 Å². The maximum absolute atomic E-state index is 2.50. The van der Waals surface area contributed by atoms with Crippen LogP contribution in [-0.2, 0) is 0 Å². The van der Waals surface area contributed by atoms with Crippen molar-refractivity contribution < 1.29 is 0 Å². The molecule has 0 aliphatic heterocycles. The molecule has 1 rings (SSSR count). The summed E-state index contributed by atoms with van der Waals surface area (Å²) < 4.78 is 0. The van der Waals surface area contributed by atoms with E-state index in [1.54, 1.807) is 0 Å². The lowest BCUT2D eigenvalue weighted by molar-refractivity contribution is -0.155. The molecular weight excluding hydrogens is 168 g/mol. The van der Waals surface area contributed by atoms with Crippen molar-refractivity contribution in [3.8, 4) is 0 Å². The summed E-state index contributed by atoms with van der Waals surface area (Å²) in [5, 5.41) is 0. The van der Waals surface area contributed by atoms with Crippen LogP contribution < -0.4 is 0 Å². The third-order valence-corrected chi connectivity index (χ3v) is 5.58. The second-order valence-electron chi connectivity index (χ2n) is 6.33. The van der Waals surface area contributed by atoms with Gasteiger partial charge in [-0.1, -0.05) is 61.3 Å². The predicted octanol–water partition coefficient (Wildman–Crippen LogP) is 4.74. The molecule has 0 spiro atoms. The molecule has 1 saturated carbocycles. The molecule has 14 heavy (non-hydrogen) atoms. The van der Waals surface area contributed by atoms with E-state index in [0.717, 1.165) is 17.8 Å². The summed E-state index contributed by atoms with van der Waals surface area (Å²) in [5.41, 5.74) is 1.12. The van der Waals surface area contributed by atoms with Crippen LogP contribution in [0.1, 0.15) is 61.3 Å². The van der Waals surface area contributed by atoms with Crippen LogP contribution in [0.5, 0.6) is 0 Å². The lowest BCUT2D eigenvalue weighted by Crippen LogP contribution is -2.58. The van der Waals surface area contributed by atoms with E-state index in [0.29, 0.717) is 10.8 Å². The summed E-state index contributed by atoms with van der Waals surface area (Å²) in [5.74, 6) is 2.73. The van der Waals surface area contributed by atoms with Crippen molar-refractivity contribution in [2.24, 2.45) is 28.6 Å². The fourth-order valence-electron chi connectivity index (χ4n) is 4.02. The standard InChI is InChI=1S/C14H28/c1-8-13(5,6)12-10(3)11(4)14(12,7)9-2/h10-12H,8-9H2,1-7H3. The molecule has 0 saturated heterocycles. The minimum absolute atomic E-state index is 0.524. The highest BCUT2D eigenvalue weighted by Crippen LogP contribution is 2.64. The van der Waals surface area contributed by atoms with Gasteiger partial charge < -0.3 is 0 Å². The van der Waals surface area contributed by atoms with Crippen LogP contribution in [0.4, 0.5) is 0 Å². The molecule has 0 radical (unpaired) electrons. The molecule has 0 aromatic carbocycles. The Hall–Kier alpha value is 0. The predicted molar refractivity (Wildman–Crippen MR) is 64.3 cm³/mol. The number of hydrogen-bond donors (Lipinski definition) is 0. The lowest BCUT2D eigenvalue weighted by atomic mass is 9.41. The first-order valence-electron chi connectivity index (χ1n) is 6.31. The van der Waals surface area contributed by atoms with Crippen molar-refractivity contribution in [1.82, 2.24) is 0 Å². The molecule has 4 atom stereocenters. The van der Waals surface area contributed by atoms with Gasteiger partial charge in [-0.15, -0.1) is 0 Å². The topological polar surface area (TPSA) is 0 Å². The monoisotopic (exact) mass is 196 g/mol. The minimum atomic E-state index is 0.524. The Bertz CT molecular complexity index is 204. The molecule has 0 heteroatoms. The van der Waals surface area contributed by atoms with E-state index in [1.807, 2.05) is 0 Å². The summed E-state index contributed by atoms with van der Waals surface area (Å²) in [7, 11) is 0. The van der Waals surface area contributed by atoms with Gasteiger partial charge in [-0.25, -0.2) is 0 Å². The van der Waals surface area contributed by atoms with Crippen LogP contribution in [0.2, 0.25) is 0 Å². The molecule has 1 aliphatic rings. The van der Waals surface area contributed by atoms with Crippen molar-refractivity contribution in [1.29, 1.82) is 0 Å². The molecule has 0 nitrogen and oxygen atoms in total. The molecule has 0 heterocycles. The highest BCUT2D eigenvalue weighted by molar-refractivity contribution is 5.05. The number of rotatable bonds is 3. The van der Waals surface area contributed by atoms with Crippen molar-refractivity contribution in [2.75, 3.05) is 0 Å². The first kappa shape index (κ1) is 12.1. The van der Waals surface area contributed by atoms with Gasteiger partial charge in [-0.3, -0.25) is 0 Å². The van der Waals surface area contributed by atoms with Gasteiger partial charge in [0.15, 0.2) is 0 Å². The third-order valence-electron chi connectivity index (χ3n) is 5.58. The highest BCUT2D eigenvalue weighted by Gasteiger charge is 2.57. The second-order valence-corrected chi connectivity index (χ2v) is 6.33. The van der Waals surface area contributed by atoms with Crippen LogP contribution in [0.15, 0.2) is 0 Å². The second kappa shape index (κ2) is 3.54. The van der Waals surface area contributed by atoms with E-state index < -0.39 is 0 Å². The van der Waals surface area contributed by atoms with Gasteiger partial charge in [0.25, 0.3) is 0 Å². The smallest absolute Gasteiger partial charge is 0.0264 e. The fourth-order valence-corrected chi connectivity index (χ4v) is 4.02. The summed E-state index contributed by atoms with van der Waals surface area (Å²) in [6.07, 6.45) is 2.65. The zero-order chi connectivity index (χ0) is 11.1. The Balaban J connectivity index is 2.89. The molecule has 0 N–H and O–H groups in total. The van der Waals surface area contributed by atoms with Crippen LogP contribution in [0.3, 0.4) is 0 Å². The van der Waals surface area contributed by atoms with Gasteiger partial charge in [-0.2, -0.15) is 0 Å². The quantitative estimate of drug-likeness (QED) is 0.611. The molecule has 4 unspecified atom stereocenters. The molecule has 84 valence electrons. The van der Waals surface area contributed by atoms with Gasteiger partial charge in [0.1, 0.15) is 0 Å². The van der Waals surface area contributed by atoms with Crippen LogP contribution in [0, 0.1) is 28.6 Å². The zero-order valence-corrected chi connectivity index (χ0v) is 11.1. The minimum Gasteiger partial charge on any atom is -0.0649 e. The van der Waals surface area contributed by atoms with Gasteiger partial charge in [0.2, 0.25) is 0 Å². The molecule has 0 aromatic heterocycles. The fraction of sp³-hybridized carbons (Fsp3) is 1.00. The van der Waals surface area contributed by atoms with Gasteiger partial charge in [-0.05, 0) is 28.6 Å². The van der Waals surface area contributed by atoms with Gasteiger partial charge >= 0.3 is 0 Å². The Kier molecular flexibility index (Phi) is 3.05. The summed E-state index contributed by atoms with van der Waals surface area (Å²) in [6.45, 7) is 17.0. The van der Waals surface area contributed by atoms with E-state index in [9.17, 15) is 0 Å². The molecule has 1 fully saturated rings. The van der Waals surface area contributed by atoms with Crippen LogP contribution in [-0.4, -0.2) is 0 Å². The maximum Gasteiger partial charge on any atom is -0.0264 e. The first-order valence-corrected chi connectivity index (χ1v) is 6.31. The average molecular weight is 196 g/mol. The molecular formula is C14H28. The Morgan fingerprint density at radius 2 is 1.64 bits per heavy atom. The Morgan fingerprint density at radius 3 is 2.00 bits per heavy atom. The van der Waals surface area contributed by atoms with Crippen molar-refractivity contribution in [3.63, 3.8) is 0 Å². The zero-order valence-electron chi connectivity index (χ0n) is 11.1. The highest BCUT2D eigenvalue weighted by atomic mass is 14.6. The van der Waals surface area contributed by atoms with E-state index in [4.69, 9.17) is 0 Å². The molecule has 1 aliphatic carbocycles. The SMILES string of the molecule is CCC(C)(C)C1C(C)C(C)C1(C)CC. The summed E-state index contributed by atoms with van der Waals surface area (Å²) >= 11 is 0. The molecule has 0 aromatic rings. The van der Waals surface area contributed by atoms with Crippen molar-refractivity contribution in [2.45, 2.75) is 61.3 Å². The van der Waals surface area contributed by atoms with Crippen LogP contribution >= 0.6 is 0 Å². The van der Waals surface area contributed by atoms with E-state index >= 15 is 0 Å². The van der Waals surface area contributed by atoms with Gasteiger partial charge in [0, 0.05) is 0 Å². The lowest BCUT2D eigenvalue weighted by Gasteiger charge is -2.64. The van der Waals surface area contributed by atoms with Gasteiger partial charge in [0.05, 0.1) is 0 Å². The van der Waals surface area contributed by atoms with Crippen LogP contribution in [0.25, 0.3) is 0 Å². The third kappa shape index (κ3) is 1.42. The number of hydrogen-bond acceptors (Lipinski definition) is 0. The first-order chi connectivity index (χ1) is 6.31. The molecule has 0 amide bonds. The van der Waals surface area contributed by atoms with Crippen molar-refractivity contribution >= 4 is 0 Å². The maximum atomic E-state index is 2.50. The summed E-state index contributed by atoms with van der Waals surface area (Å²) in [6, 6.07) is 0. The Labute approximate surface area is 90.5 Å². The van der Waals surface area contributed by atoms with E-state index in [-0.39, 0.29) is 0 Å². The average Bonchev–Trinajstić information content (AvgIpc) is 2.16. The van der Waals surface area contributed by atoms with Crippen molar-refractivity contribution in [3.05, 3.63) is 0 Å².